The van der Waals surface area contributed by atoms with Gasteiger partial charge in [0.25, 0.3) is 0 Å². The minimum Gasteiger partial charge on any atom is -0.369 e. The molecular weight excluding hydrogens is 138 g/mol. The van der Waals surface area contributed by atoms with Gasteiger partial charge in [0, 0.05) is 5.41 Å². The first-order valence-corrected chi connectivity index (χ1v) is 4.37. The van der Waals surface area contributed by atoms with Crippen LogP contribution in [0, 0.1) is 11.3 Å². The summed E-state index contributed by atoms with van der Waals surface area (Å²) in [6.45, 7) is 4.13. The monoisotopic (exact) mass is 155 g/mol. The molecule has 0 bridgehead atoms. The van der Waals surface area contributed by atoms with Gasteiger partial charge < -0.3 is 5.73 Å². The van der Waals surface area contributed by atoms with Crippen molar-refractivity contribution in [3.8, 4) is 0 Å². The predicted octanol–water partition coefficient (Wildman–Crippen LogP) is 1.69. The molecule has 0 saturated heterocycles. The Labute approximate surface area is 68.2 Å². The lowest BCUT2D eigenvalue weighted by Crippen LogP contribution is -2.41. The van der Waals surface area contributed by atoms with Crippen LogP contribution in [-0.2, 0) is 4.79 Å². The quantitative estimate of drug-likeness (QED) is 0.615. The van der Waals surface area contributed by atoms with Crippen molar-refractivity contribution in [2.45, 2.75) is 39.5 Å². The van der Waals surface area contributed by atoms with Crippen LogP contribution in [0.4, 0.5) is 0 Å². The topological polar surface area (TPSA) is 43.1 Å². The Morgan fingerprint density at radius 1 is 1.55 bits per heavy atom. The first kappa shape index (κ1) is 8.57. The minimum atomic E-state index is -0.224. The number of carbonyl (C=O) groups is 1. The van der Waals surface area contributed by atoms with E-state index in [-0.39, 0.29) is 11.3 Å². The molecule has 1 rings (SSSR count). The molecule has 11 heavy (non-hydrogen) atoms. The summed E-state index contributed by atoms with van der Waals surface area (Å²) in [6.07, 6.45) is 4.54. The molecule has 1 amide bonds. The third kappa shape index (κ3) is 1.39. The van der Waals surface area contributed by atoms with Gasteiger partial charge in [-0.15, -0.1) is 0 Å². The number of carbonyl (C=O) groups excluding carboxylic acids is 1. The standard InChI is InChI=1S/C9H17NO/c1-7-5-3-4-6-9(7,2)8(10)11/h7H,3-6H2,1-2H3,(H2,10,11). The number of nitrogens with two attached hydrogens (primary N) is 1. The van der Waals surface area contributed by atoms with Gasteiger partial charge in [0.2, 0.25) is 5.91 Å². The van der Waals surface area contributed by atoms with Gasteiger partial charge in [0.05, 0.1) is 0 Å². The van der Waals surface area contributed by atoms with Crippen LogP contribution in [-0.4, -0.2) is 5.91 Å². The van der Waals surface area contributed by atoms with Crippen molar-refractivity contribution in [3.63, 3.8) is 0 Å². The van der Waals surface area contributed by atoms with Crippen LogP contribution in [0.5, 0.6) is 0 Å². The van der Waals surface area contributed by atoms with Crippen molar-refractivity contribution in [2.75, 3.05) is 0 Å². The molecule has 2 unspecified atom stereocenters. The highest BCUT2D eigenvalue weighted by atomic mass is 16.1. The Morgan fingerprint density at radius 2 is 2.18 bits per heavy atom. The summed E-state index contributed by atoms with van der Waals surface area (Å²) < 4.78 is 0. The molecule has 64 valence electrons. The molecule has 0 heterocycles. The molecule has 2 N–H and O–H groups in total. The zero-order chi connectivity index (χ0) is 8.48. The largest absolute Gasteiger partial charge is 0.369 e. The highest BCUT2D eigenvalue weighted by Gasteiger charge is 2.38. The summed E-state index contributed by atoms with van der Waals surface area (Å²) in [5.74, 6) is 0.346. The molecule has 2 heteroatoms. The predicted molar refractivity (Wildman–Crippen MR) is 44.9 cm³/mol. The smallest absolute Gasteiger partial charge is 0.223 e. The number of amides is 1. The zero-order valence-corrected chi connectivity index (χ0v) is 7.39. The van der Waals surface area contributed by atoms with Gasteiger partial charge in [-0.2, -0.15) is 0 Å². The number of hydrogen-bond acceptors (Lipinski definition) is 1. The van der Waals surface area contributed by atoms with Crippen molar-refractivity contribution in [1.82, 2.24) is 0 Å². The molecule has 0 spiro atoms. The molecule has 2 nitrogen and oxygen atoms in total. The maximum absolute atomic E-state index is 11.1. The van der Waals surface area contributed by atoms with Gasteiger partial charge >= 0.3 is 0 Å². The van der Waals surface area contributed by atoms with Crippen LogP contribution in [0.25, 0.3) is 0 Å². The van der Waals surface area contributed by atoms with Gasteiger partial charge in [-0.25, -0.2) is 0 Å². The number of hydrogen-bond donors (Lipinski definition) is 1. The van der Waals surface area contributed by atoms with Crippen molar-refractivity contribution >= 4 is 5.91 Å². The fourth-order valence-corrected chi connectivity index (χ4v) is 1.87. The van der Waals surface area contributed by atoms with E-state index in [1.807, 2.05) is 6.92 Å². The maximum atomic E-state index is 11.1. The second-order valence-corrected chi connectivity index (χ2v) is 3.93. The Kier molecular flexibility index (Phi) is 2.21. The van der Waals surface area contributed by atoms with E-state index in [1.165, 1.54) is 6.42 Å². The average molecular weight is 155 g/mol. The van der Waals surface area contributed by atoms with Crippen LogP contribution in [0.1, 0.15) is 39.5 Å². The highest BCUT2D eigenvalue weighted by Crippen LogP contribution is 2.40. The Hall–Kier alpha value is -0.530. The summed E-state index contributed by atoms with van der Waals surface area (Å²) >= 11 is 0. The summed E-state index contributed by atoms with van der Waals surface area (Å²) in [5, 5.41) is 0. The summed E-state index contributed by atoms with van der Waals surface area (Å²) in [4.78, 5) is 11.1. The molecule has 0 aliphatic heterocycles. The molecule has 1 aliphatic carbocycles. The van der Waals surface area contributed by atoms with Gasteiger partial charge in [-0.1, -0.05) is 26.7 Å². The third-order valence-electron chi connectivity index (χ3n) is 3.23. The summed E-state index contributed by atoms with van der Waals surface area (Å²) in [5.41, 5.74) is 5.13. The fourth-order valence-electron chi connectivity index (χ4n) is 1.87. The molecule has 0 aromatic carbocycles. The molecule has 2 atom stereocenters. The lowest BCUT2D eigenvalue weighted by molar-refractivity contribution is -0.131. The van der Waals surface area contributed by atoms with Gasteiger partial charge in [0.15, 0.2) is 0 Å². The van der Waals surface area contributed by atoms with Crippen LogP contribution in [0.15, 0.2) is 0 Å². The first-order chi connectivity index (χ1) is 5.07. The lowest BCUT2D eigenvalue weighted by Gasteiger charge is -2.36. The second kappa shape index (κ2) is 2.84. The van der Waals surface area contributed by atoms with Crippen LogP contribution in [0.2, 0.25) is 0 Å². The van der Waals surface area contributed by atoms with E-state index >= 15 is 0 Å². The zero-order valence-electron chi connectivity index (χ0n) is 7.39. The average Bonchev–Trinajstić information content (AvgIpc) is 1.95. The van der Waals surface area contributed by atoms with E-state index in [4.69, 9.17) is 5.73 Å². The van der Waals surface area contributed by atoms with E-state index in [0.29, 0.717) is 5.92 Å². The van der Waals surface area contributed by atoms with E-state index in [9.17, 15) is 4.79 Å². The van der Waals surface area contributed by atoms with Crippen LogP contribution >= 0.6 is 0 Å². The molecule has 0 aromatic rings. The molecule has 1 saturated carbocycles. The van der Waals surface area contributed by atoms with Crippen LogP contribution in [0.3, 0.4) is 0 Å². The molecular formula is C9H17NO. The molecule has 1 fully saturated rings. The highest BCUT2D eigenvalue weighted by molar-refractivity contribution is 5.80. The van der Waals surface area contributed by atoms with Crippen molar-refractivity contribution < 1.29 is 4.79 Å². The van der Waals surface area contributed by atoms with Crippen LogP contribution < -0.4 is 5.73 Å². The Morgan fingerprint density at radius 3 is 2.55 bits per heavy atom. The number of primary amides is 1. The normalized spacial score (nSPS) is 38.5. The summed E-state index contributed by atoms with van der Waals surface area (Å²) in [7, 11) is 0. The summed E-state index contributed by atoms with van der Waals surface area (Å²) in [6, 6.07) is 0. The van der Waals surface area contributed by atoms with E-state index < -0.39 is 0 Å². The molecule has 0 aromatic heterocycles. The van der Waals surface area contributed by atoms with Gasteiger partial charge in [-0.05, 0) is 18.8 Å². The fraction of sp³-hybridized carbons (Fsp3) is 0.889. The van der Waals surface area contributed by atoms with Gasteiger partial charge in [0.1, 0.15) is 0 Å². The second-order valence-electron chi connectivity index (χ2n) is 3.93. The third-order valence-corrected chi connectivity index (χ3v) is 3.23. The maximum Gasteiger partial charge on any atom is 0.223 e. The Bertz CT molecular complexity index is 167. The molecule has 1 aliphatic rings. The van der Waals surface area contributed by atoms with E-state index in [1.54, 1.807) is 0 Å². The molecule has 0 radical (unpaired) electrons. The minimum absolute atomic E-state index is 0.121. The lowest BCUT2D eigenvalue weighted by atomic mass is 9.68. The van der Waals surface area contributed by atoms with Gasteiger partial charge in [-0.3, -0.25) is 4.79 Å². The SMILES string of the molecule is CC1CCCCC1(C)C(N)=O. The number of rotatable bonds is 1. The first-order valence-electron chi connectivity index (χ1n) is 4.37. The van der Waals surface area contributed by atoms with Crippen molar-refractivity contribution in [3.05, 3.63) is 0 Å². The van der Waals surface area contributed by atoms with Crippen molar-refractivity contribution in [1.29, 1.82) is 0 Å². The van der Waals surface area contributed by atoms with E-state index in [0.717, 1.165) is 19.3 Å². The van der Waals surface area contributed by atoms with Crippen molar-refractivity contribution in [2.24, 2.45) is 17.1 Å². The Balaban J connectivity index is 2.72. The van der Waals surface area contributed by atoms with E-state index in [2.05, 4.69) is 6.92 Å².